The van der Waals surface area contributed by atoms with Gasteiger partial charge in [0.1, 0.15) is 12.4 Å². The molecule has 1 saturated heterocycles. The maximum Gasteiger partial charge on any atom is 0.293 e. The van der Waals surface area contributed by atoms with Gasteiger partial charge in [0.2, 0.25) is 0 Å². The van der Waals surface area contributed by atoms with E-state index in [-0.39, 0.29) is 33.7 Å². The monoisotopic (exact) mass is 481 g/mol. The second-order valence-electron chi connectivity index (χ2n) is 6.33. The van der Waals surface area contributed by atoms with E-state index in [0.29, 0.717) is 23.7 Å². The van der Waals surface area contributed by atoms with Gasteiger partial charge < -0.3 is 9.47 Å². The van der Waals surface area contributed by atoms with E-state index in [2.05, 4.69) is 6.58 Å². The first-order chi connectivity index (χ1) is 14.8. The number of rotatable bonds is 8. The van der Waals surface area contributed by atoms with Gasteiger partial charge in [0.05, 0.1) is 23.1 Å². The highest BCUT2D eigenvalue weighted by atomic mass is 35.5. The Morgan fingerprint density at radius 1 is 1.19 bits per heavy atom. The average Bonchev–Trinajstić information content (AvgIpc) is 2.97. The van der Waals surface area contributed by atoms with Crippen molar-refractivity contribution in [3.63, 3.8) is 0 Å². The van der Waals surface area contributed by atoms with Gasteiger partial charge in [-0.3, -0.25) is 14.5 Å². The zero-order valence-corrected chi connectivity index (χ0v) is 18.8. The highest BCUT2D eigenvalue weighted by Crippen LogP contribution is 2.39. The zero-order valence-electron chi connectivity index (χ0n) is 16.5. The second kappa shape index (κ2) is 10.2. The lowest BCUT2D eigenvalue weighted by molar-refractivity contribution is -0.123. The highest BCUT2D eigenvalue weighted by Gasteiger charge is 2.36. The van der Waals surface area contributed by atoms with Crippen molar-refractivity contribution >= 4 is 52.2 Å². The number of carbonyl (C=O) groups excluding carboxylic acids is 2. The molecule has 9 heteroatoms. The Hall–Kier alpha value is -2.48. The third-order valence-electron chi connectivity index (χ3n) is 4.23. The summed E-state index contributed by atoms with van der Waals surface area (Å²) in [5.41, 5.74) is 0.631. The Bertz CT molecular complexity index is 1050. The molecule has 0 N–H and O–H groups in total. The number of benzene rings is 2. The van der Waals surface area contributed by atoms with E-state index in [9.17, 15) is 14.0 Å². The molecule has 0 aromatic heterocycles. The van der Waals surface area contributed by atoms with Crippen LogP contribution in [0, 0.1) is 5.82 Å². The molecule has 1 heterocycles. The molecule has 0 bridgehead atoms. The van der Waals surface area contributed by atoms with Crippen LogP contribution in [0.1, 0.15) is 18.1 Å². The molecule has 2 aromatic rings. The van der Waals surface area contributed by atoms with E-state index in [1.165, 1.54) is 24.3 Å². The van der Waals surface area contributed by atoms with Crippen LogP contribution in [0.2, 0.25) is 10.0 Å². The molecule has 162 valence electrons. The van der Waals surface area contributed by atoms with E-state index >= 15 is 0 Å². The lowest BCUT2D eigenvalue weighted by Crippen LogP contribution is -2.28. The Morgan fingerprint density at radius 2 is 1.97 bits per heavy atom. The maximum absolute atomic E-state index is 14.1. The number of thioether (sulfide) groups is 1. The quantitative estimate of drug-likeness (QED) is 0.325. The number of amides is 2. The molecule has 5 nitrogen and oxygen atoms in total. The topological polar surface area (TPSA) is 55.8 Å². The van der Waals surface area contributed by atoms with Gasteiger partial charge in [-0.25, -0.2) is 4.39 Å². The Kier molecular flexibility index (Phi) is 7.64. The third kappa shape index (κ3) is 5.23. The van der Waals surface area contributed by atoms with Crippen molar-refractivity contribution < 1.29 is 23.5 Å². The minimum atomic E-state index is -0.584. The molecule has 1 aliphatic heterocycles. The van der Waals surface area contributed by atoms with Crippen molar-refractivity contribution in [2.24, 2.45) is 0 Å². The van der Waals surface area contributed by atoms with E-state index < -0.39 is 17.0 Å². The van der Waals surface area contributed by atoms with Gasteiger partial charge in [-0.05, 0) is 54.6 Å². The number of hydrogen-bond donors (Lipinski definition) is 0. The van der Waals surface area contributed by atoms with Crippen LogP contribution in [0.15, 0.2) is 47.9 Å². The summed E-state index contributed by atoms with van der Waals surface area (Å²) in [5, 5.41) is -0.0830. The number of imide groups is 1. The fraction of sp³-hybridized carbons (Fsp3) is 0.182. The molecule has 0 atom stereocenters. The number of ether oxygens (including phenoxy) is 2. The Labute approximate surface area is 193 Å². The SMILES string of the molecule is C=CCOc1c(Cl)cc(/C=C2/SC(=O)N(Cc3c(F)cccc3Cl)C2=O)cc1OCC. The summed E-state index contributed by atoms with van der Waals surface area (Å²) in [6, 6.07) is 7.45. The number of carbonyl (C=O) groups is 2. The van der Waals surface area contributed by atoms with Gasteiger partial charge in [-0.1, -0.05) is 41.9 Å². The number of hydrogen-bond acceptors (Lipinski definition) is 5. The Morgan fingerprint density at radius 3 is 2.65 bits per heavy atom. The molecule has 2 aromatic carbocycles. The predicted molar refractivity (Wildman–Crippen MR) is 121 cm³/mol. The van der Waals surface area contributed by atoms with Crippen LogP contribution in [0.4, 0.5) is 9.18 Å². The van der Waals surface area contributed by atoms with Gasteiger partial charge in [0.15, 0.2) is 11.5 Å². The maximum atomic E-state index is 14.1. The van der Waals surface area contributed by atoms with Gasteiger partial charge in [-0.15, -0.1) is 0 Å². The van der Waals surface area contributed by atoms with E-state index in [0.717, 1.165) is 16.7 Å². The van der Waals surface area contributed by atoms with Gasteiger partial charge in [0.25, 0.3) is 11.1 Å². The van der Waals surface area contributed by atoms with Crippen LogP contribution in [0.25, 0.3) is 6.08 Å². The first kappa shape index (κ1) is 23.2. The van der Waals surface area contributed by atoms with Crippen LogP contribution in [-0.2, 0) is 11.3 Å². The van der Waals surface area contributed by atoms with Crippen molar-refractivity contribution in [2.75, 3.05) is 13.2 Å². The molecule has 3 rings (SSSR count). The lowest BCUT2D eigenvalue weighted by Gasteiger charge is -2.14. The first-order valence-electron chi connectivity index (χ1n) is 9.24. The van der Waals surface area contributed by atoms with Crippen LogP contribution in [0.3, 0.4) is 0 Å². The summed E-state index contributed by atoms with van der Waals surface area (Å²) in [7, 11) is 0. The van der Waals surface area contributed by atoms with Crippen molar-refractivity contribution in [1.82, 2.24) is 4.90 Å². The van der Waals surface area contributed by atoms with Crippen LogP contribution >= 0.6 is 35.0 Å². The molecular weight excluding hydrogens is 464 g/mol. The van der Waals surface area contributed by atoms with Gasteiger partial charge in [-0.2, -0.15) is 0 Å². The van der Waals surface area contributed by atoms with Crippen LogP contribution in [-0.4, -0.2) is 29.3 Å². The number of halogens is 3. The summed E-state index contributed by atoms with van der Waals surface area (Å²) in [6.07, 6.45) is 3.11. The summed E-state index contributed by atoms with van der Waals surface area (Å²) in [4.78, 5) is 26.3. The molecular formula is C22H18Cl2FNO4S. The molecule has 0 radical (unpaired) electrons. The molecule has 0 aliphatic carbocycles. The smallest absolute Gasteiger partial charge is 0.293 e. The lowest BCUT2D eigenvalue weighted by atomic mass is 10.1. The standard InChI is InChI=1S/C22H18Cl2FNO4S/c1-3-8-30-20-16(24)9-13(10-18(20)29-4-2)11-19-21(27)26(22(28)31-19)12-14-15(23)6-5-7-17(14)25/h3,5-7,9-11H,1,4,8,12H2,2H3/b19-11+. The Balaban J connectivity index is 1.89. The van der Waals surface area contributed by atoms with E-state index in [4.69, 9.17) is 32.7 Å². The van der Waals surface area contributed by atoms with Crippen molar-refractivity contribution in [1.29, 1.82) is 0 Å². The minimum Gasteiger partial charge on any atom is -0.490 e. The predicted octanol–water partition coefficient (Wildman–Crippen LogP) is 6.33. The first-order valence-corrected chi connectivity index (χ1v) is 10.8. The fourth-order valence-corrected chi connectivity index (χ4v) is 4.18. The molecule has 0 saturated carbocycles. The van der Waals surface area contributed by atoms with Crippen molar-refractivity contribution in [2.45, 2.75) is 13.5 Å². The normalized spacial score (nSPS) is 15.0. The van der Waals surface area contributed by atoms with Crippen molar-refractivity contribution in [3.8, 4) is 11.5 Å². The van der Waals surface area contributed by atoms with E-state index in [1.54, 1.807) is 18.2 Å². The number of nitrogens with zero attached hydrogens (tertiary/aromatic N) is 1. The van der Waals surface area contributed by atoms with Crippen LogP contribution in [0.5, 0.6) is 11.5 Å². The summed E-state index contributed by atoms with van der Waals surface area (Å²) in [5.74, 6) is -0.363. The highest BCUT2D eigenvalue weighted by molar-refractivity contribution is 8.18. The molecule has 1 fully saturated rings. The third-order valence-corrected chi connectivity index (χ3v) is 5.77. The van der Waals surface area contributed by atoms with Gasteiger partial charge in [0, 0.05) is 10.6 Å². The molecule has 31 heavy (non-hydrogen) atoms. The molecule has 2 amide bonds. The van der Waals surface area contributed by atoms with Crippen LogP contribution < -0.4 is 9.47 Å². The average molecular weight is 482 g/mol. The molecule has 1 aliphatic rings. The largest absolute Gasteiger partial charge is 0.490 e. The summed E-state index contributed by atoms with van der Waals surface area (Å²) >= 11 is 13.1. The summed E-state index contributed by atoms with van der Waals surface area (Å²) < 4.78 is 25.2. The second-order valence-corrected chi connectivity index (χ2v) is 8.14. The van der Waals surface area contributed by atoms with Crippen molar-refractivity contribution in [3.05, 3.63) is 74.9 Å². The van der Waals surface area contributed by atoms with Gasteiger partial charge >= 0.3 is 0 Å². The molecule has 0 spiro atoms. The minimum absolute atomic E-state index is 0.0816. The zero-order chi connectivity index (χ0) is 22.5. The summed E-state index contributed by atoms with van der Waals surface area (Å²) in [6.45, 7) is 5.79. The van der Waals surface area contributed by atoms with E-state index in [1.807, 2.05) is 6.92 Å². The molecule has 0 unspecified atom stereocenters. The fourth-order valence-electron chi connectivity index (χ4n) is 2.85.